The molecule has 92 valence electrons. The van der Waals surface area contributed by atoms with Gasteiger partial charge in [0, 0.05) is 10.9 Å². The van der Waals surface area contributed by atoms with Crippen LogP contribution in [0, 0.1) is 6.92 Å². The normalized spacial score (nSPS) is 11.3. The quantitative estimate of drug-likeness (QED) is 0.886. The van der Waals surface area contributed by atoms with Crippen molar-refractivity contribution in [3.8, 4) is 0 Å². The molecule has 0 radical (unpaired) electrons. The summed E-state index contributed by atoms with van der Waals surface area (Å²) in [6.07, 6.45) is 0.967. The fourth-order valence-electron chi connectivity index (χ4n) is 2.21. The van der Waals surface area contributed by atoms with Gasteiger partial charge in [-0.05, 0) is 31.5 Å². The Hall–Kier alpha value is -0.990. The highest BCUT2D eigenvalue weighted by atomic mass is 35.5. The molecule has 2 nitrogen and oxygen atoms in total. The maximum atomic E-state index is 6.19. The lowest BCUT2D eigenvalue weighted by molar-refractivity contribution is 0.514. The third-order valence-corrected chi connectivity index (χ3v) is 3.37. The SMILES string of the molecule is CCNCc1oc2c(Cl)ccc(C)c2c1CC. The van der Waals surface area contributed by atoms with E-state index in [1.165, 1.54) is 16.5 Å². The first-order chi connectivity index (χ1) is 8.19. The van der Waals surface area contributed by atoms with Crippen LogP contribution in [0.4, 0.5) is 0 Å². The standard InChI is InChI=1S/C14H18ClNO/c1-4-10-12(8-16-5-2)17-14-11(15)7-6-9(3)13(10)14/h6-7,16H,4-5,8H2,1-3H3. The molecule has 0 saturated heterocycles. The third kappa shape index (κ3) is 2.20. The number of benzene rings is 1. The molecule has 0 atom stereocenters. The largest absolute Gasteiger partial charge is 0.458 e. The number of hydrogen-bond acceptors (Lipinski definition) is 2. The zero-order valence-electron chi connectivity index (χ0n) is 10.6. The Balaban J connectivity index is 2.62. The van der Waals surface area contributed by atoms with Gasteiger partial charge in [-0.1, -0.05) is 31.5 Å². The average Bonchev–Trinajstić information content (AvgIpc) is 2.71. The van der Waals surface area contributed by atoms with Crippen molar-refractivity contribution in [1.29, 1.82) is 0 Å². The van der Waals surface area contributed by atoms with Gasteiger partial charge in [-0.15, -0.1) is 0 Å². The van der Waals surface area contributed by atoms with Crippen molar-refractivity contribution in [2.75, 3.05) is 6.54 Å². The van der Waals surface area contributed by atoms with E-state index in [-0.39, 0.29) is 0 Å². The van der Waals surface area contributed by atoms with Crippen LogP contribution in [-0.4, -0.2) is 6.54 Å². The van der Waals surface area contributed by atoms with Gasteiger partial charge < -0.3 is 9.73 Å². The molecule has 1 N–H and O–H groups in total. The van der Waals surface area contributed by atoms with Crippen molar-refractivity contribution in [2.24, 2.45) is 0 Å². The van der Waals surface area contributed by atoms with E-state index in [9.17, 15) is 0 Å². The zero-order chi connectivity index (χ0) is 12.4. The van der Waals surface area contributed by atoms with Crippen LogP contribution in [0.15, 0.2) is 16.5 Å². The fourth-order valence-corrected chi connectivity index (χ4v) is 2.41. The zero-order valence-corrected chi connectivity index (χ0v) is 11.3. The molecule has 1 aromatic heterocycles. The second-order valence-electron chi connectivity index (χ2n) is 4.21. The molecule has 0 unspecified atom stereocenters. The summed E-state index contributed by atoms with van der Waals surface area (Å²) in [4.78, 5) is 0. The molecule has 0 spiro atoms. The van der Waals surface area contributed by atoms with E-state index in [0.717, 1.165) is 30.9 Å². The molecule has 0 amide bonds. The van der Waals surface area contributed by atoms with Crippen LogP contribution in [0.3, 0.4) is 0 Å². The third-order valence-electron chi connectivity index (χ3n) is 3.07. The minimum absolute atomic E-state index is 0.697. The van der Waals surface area contributed by atoms with Gasteiger partial charge in [0.25, 0.3) is 0 Å². The topological polar surface area (TPSA) is 25.2 Å². The van der Waals surface area contributed by atoms with Gasteiger partial charge in [-0.2, -0.15) is 0 Å². The highest BCUT2D eigenvalue weighted by Crippen LogP contribution is 2.34. The van der Waals surface area contributed by atoms with Crippen LogP contribution in [-0.2, 0) is 13.0 Å². The summed E-state index contributed by atoms with van der Waals surface area (Å²) < 4.78 is 5.91. The van der Waals surface area contributed by atoms with Gasteiger partial charge >= 0.3 is 0 Å². The number of fused-ring (bicyclic) bond motifs is 1. The fraction of sp³-hybridized carbons (Fsp3) is 0.429. The van der Waals surface area contributed by atoms with E-state index in [4.69, 9.17) is 16.0 Å². The Bertz CT molecular complexity index is 530. The summed E-state index contributed by atoms with van der Waals surface area (Å²) in [5.74, 6) is 1.01. The summed E-state index contributed by atoms with van der Waals surface area (Å²) in [5, 5.41) is 5.19. The number of halogens is 1. The molecule has 0 bridgehead atoms. The Morgan fingerprint density at radius 3 is 2.71 bits per heavy atom. The lowest BCUT2D eigenvalue weighted by atomic mass is 10.0. The second kappa shape index (κ2) is 5.11. The molecule has 0 aliphatic heterocycles. The van der Waals surface area contributed by atoms with Crippen LogP contribution in [0.2, 0.25) is 5.02 Å². The van der Waals surface area contributed by atoms with Crippen molar-refractivity contribution >= 4 is 22.6 Å². The van der Waals surface area contributed by atoms with Crippen molar-refractivity contribution in [1.82, 2.24) is 5.32 Å². The van der Waals surface area contributed by atoms with Crippen molar-refractivity contribution in [3.05, 3.63) is 34.0 Å². The minimum atomic E-state index is 0.697. The van der Waals surface area contributed by atoms with Crippen molar-refractivity contribution < 1.29 is 4.42 Å². The number of furan rings is 1. The molecule has 0 aliphatic carbocycles. The van der Waals surface area contributed by atoms with Crippen LogP contribution in [0.25, 0.3) is 11.0 Å². The van der Waals surface area contributed by atoms with Gasteiger partial charge in [0.2, 0.25) is 0 Å². The van der Waals surface area contributed by atoms with Gasteiger partial charge in [0.05, 0.1) is 11.6 Å². The minimum Gasteiger partial charge on any atom is -0.458 e. The van der Waals surface area contributed by atoms with E-state index in [2.05, 4.69) is 32.2 Å². The van der Waals surface area contributed by atoms with E-state index in [1.54, 1.807) is 0 Å². The monoisotopic (exact) mass is 251 g/mol. The smallest absolute Gasteiger partial charge is 0.153 e. The Morgan fingerprint density at radius 1 is 1.29 bits per heavy atom. The van der Waals surface area contributed by atoms with Crippen molar-refractivity contribution in [2.45, 2.75) is 33.7 Å². The molecule has 17 heavy (non-hydrogen) atoms. The molecule has 1 heterocycles. The summed E-state index contributed by atoms with van der Waals surface area (Å²) >= 11 is 6.19. The lowest BCUT2D eigenvalue weighted by Crippen LogP contribution is -2.12. The van der Waals surface area contributed by atoms with E-state index < -0.39 is 0 Å². The maximum absolute atomic E-state index is 6.19. The highest BCUT2D eigenvalue weighted by molar-refractivity contribution is 6.35. The highest BCUT2D eigenvalue weighted by Gasteiger charge is 2.16. The van der Waals surface area contributed by atoms with E-state index >= 15 is 0 Å². The first kappa shape index (κ1) is 12.5. The number of hydrogen-bond donors (Lipinski definition) is 1. The predicted molar refractivity (Wildman–Crippen MR) is 72.7 cm³/mol. The number of rotatable bonds is 4. The van der Waals surface area contributed by atoms with Gasteiger partial charge in [0.15, 0.2) is 5.58 Å². The first-order valence-corrected chi connectivity index (χ1v) is 6.46. The van der Waals surface area contributed by atoms with E-state index in [0.29, 0.717) is 5.02 Å². The lowest BCUT2D eigenvalue weighted by Gasteiger charge is -2.01. The van der Waals surface area contributed by atoms with Crippen LogP contribution >= 0.6 is 11.6 Å². The van der Waals surface area contributed by atoms with Crippen LogP contribution < -0.4 is 5.32 Å². The first-order valence-electron chi connectivity index (χ1n) is 6.09. The molecule has 1 aromatic carbocycles. The summed E-state index contributed by atoms with van der Waals surface area (Å²) in [6, 6.07) is 3.95. The predicted octanol–water partition coefficient (Wildman–Crippen LogP) is 4.07. The Kier molecular flexibility index (Phi) is 3.75. The summed E-state index contributed by atoms with van der Waals surface area (Å²) in [5.41, 5.74) is 3.34. The van der Waals surface area contributed by atoms with Crippen LogP contribution in [0.1, 0.15) is 30.7 Å². The Morgan fingerprint density at radius 2 is 2.06 bits per heavy atom. The molecule has 2 rings (SSSR count). The molecular formula is C14H18ClNO. The average molecular weight is 252 g/mol. The van der Waals surface area contributed by atoms with Crippen molar-refractivity contribution in [3.63, 3.8) is 0 Å². The Labute approximate surface area is 107 Å². The van der Waals surface area contributed by atoms with Gasteiger partial charge in [-0.3, -0.25) is 0 Å². The summed E-state index contributed by atoms with van der Waals surface area (Å²) in [7, 11) is 0. The molecule has 0 fully saturated rings. The molecule has 2 aromatic rings. The second-order valence-corrected chi connectivity index (χ2v) is 4.61. The maximum Gasteiger partial charge on any atom is 0.153 e. The number of nitrogens with one attached hydrogen (secondary N) is 1. The van der Waals surface area contributed by atoms with Gasteiger partial charge in [-0.25, -0.2) is 0 Å². The number of aryl methyl sites for hydroxylation is 2. The van der Waals surface area contributed by atoms with Crippen LogP contribution in [0.5, 0.6) is 0 Å². The molecule has 3 heteroatoms. The van der Waals surface area contributed by atoms with E-state index in [1.807, 2.05) is 6.07 Å². The molecule has 0 saturated carbocycles. The van der Waals surface area contributed by atoms with Gasteiger partial charge in [0.1, 0.15) is 5.76 Å². The molecule has 0 aliphatic rings. The molecular weight excluding hydrogens is 234 g/mol. The summed E-state index contributed by atoms with van der Waals surface area (Å²) in [6.45, 7) is 8.05.